The van der Waals surface area contributed by atoms with E-state index in [0.717, 1.165) is 24.5 Å². The molecule has 3 nitrogen and oxygen atoms in total. The van der Waals surface area contributed by atoms with Crippen LogP contribution in [0.4, 0.5) is 0 Å². The molecular formula is C14H23N3S. The van der Waals surface area contributed by atoms with E-state index in [1.807, 2.05) is 6.20 Å². The highest BCUT2D eigenvalue weighted by Crippen LogP contribution is 2.37. The summed E-state index contributed by atoms with van der Waals surface area (Å²) in [4.78, 5) is 6.99. The van der Waals surface area contributed by atoms with Gasteiger partial charge in [-0.1, -0.05) is 0 Å². The van der Waals surface area contributed by atoms with E-state index in [-0.39, 0.29) is 0 Å². The maximum atomic E-state index is 4.38. The zero-order valence-electron chi connectivity index (χ0n) is 11.3. The molecule has 0 spiro atoms. The van der Waals surface area contributed by atoms with Gasteiger partial charge in [0.1, 0.15) is 5.01 Å². The van der Waals surface area contributed by atoms with Gasteiger partial charge in [0.2, 0.25) is 0 Å². The Balaban J connectivity index is 1.50. The van der Waals surface area contributed by atoms with Crippen molar-refractivity contribution in [2.24, 2.45) is 5.92 Å². The van der Waals surface area contributed by atoms with Crippen LogP contribution in [0.3, 0.4) is 0 Å². The average Bonchev–Trinajstić information content (AvgIpc) is 2.94. The molecule has 0 aliphatic carbocycles. The van der Waals surface area contributed by atoms with Gasteiger partial charge in [-0.05, 0) is 52.1 Å². The summed E-state index contributed by atoms with van der Waals surface area (Å²) >= 11 is 1.75. The van der Waals surface area contributed by atoms with E-state index in [0.29, 0.717) is 6.04 Å². The van der Waals surface area contributed by atoms with Gasteiger partial charge < -0.3 is 10.2 Å². The third-order valence-electron chi connectivity index (χ3n) is 4.73. The van der Waals surface area contributed by atoms with Crippen LogP contribution in [0.5, 0.6) is 0 Å². The molecule has 1 aromatic heterocycles. The number of hydrogen-bond acceptors (Lipinski definition) is 4. The molecule has 4 heteroatoms. The molecule has 0 radical (unpaired) electrons. The van der Waals surface area contributed by atoms with Crippen molar-refractivity contribution >= 4 is 11.3 Å². The fraction of sp³-hybridized carbons (Fsp3) is 0.786. The number of rotatable bonds is 4. The topological polar surface area (TPSA) is 28.2 Å². The van der Waals surface area contributed by atoms with E-state index in [9.17, 15) is 0 Å². The van der Waals surface area contributed by atoms with Crippen LogP contribution in [0.1, 0.15) is 43.7 Å². The Labute approximate surface area is 114 Å². The molecule has 3 rings (SSSR count). The number of nitrogens with one attached hydrogen (secondary N) is 1. The van der Waals surface area contributed by atoms with Gasteiger partial charge in [-0.2, -0.15) is 0 Å². The molecule has 2 fully saturated rings. The first-order valence-electron chi connectivity index (χ1n) is 7.08. The molecule has 18 heavy (non-hydrogen) atoms. The van der Waals surface area contributed by atoms with E-state index >= 15 is 0 Å². The van der Waals surface area contributed by atoms with Crippen LogP contribution < -0.4 is 5.32 Å². The first-order chi connectivity index (χ1) is 8.74. The van der Waals surface area contributed by atoms with E-state index in [4.69, 9.17) is 0 Å². The average molecular weight is 265 g/mol. The summed E-state index contributed by atoms with van der Waals surface area (Å²) in [7, 11) is 2.31. The minimum absolute atomic E-state index is 0.405. The van der Waals surface area contributed by atoms with Crippen molar-refractivity contribution in [1.29, 1.82) is 0 Å². The minimum atomic E-state index is 0.405. The molecule has 1 aromatic rings. The quantitative estimate of drug-likeness (QED) is 0.907. The first kappa shape index (κ1) is 12.6. The number of fused-ring (bicyclic) bond motifs is 2. The minimum Gasteiger partial charge on any atom is -0.308 e. The fourth-order valence-corrected chi connectivity index (χ4v) is 4.24. The van der Waals surface area contributed by atoms with Crippen molar-refractivity contribution < 1.29 is 0 Å². The molecule has 0 aromatic carbocycles. The normalized spacial score (nSPS) is 33.8. The summed E-state index contributed by atoms with van der Waals surface area (Å²) in [6.07, 6.45) is 7.49. The molecule has 3 unspecified atom stereocenters. The Morgan fingerprint density at radius 1 is 1.44 bits per heavy atom. The van der Waals surface area contributed by atoms with E-state index in [1.165, 1.54) is 30.7 Å². The third kappa shape index (κ3) is 2.46. The molecule has 2 saturated heterocycles. The molecule has 2 bridgehead atoms. The summed E-state index contributed by atoms with van der Waals surface area (Å²) in [5.74, 6) is 0.862. The Morgan fingerprint density at radius 3 is 2.78 bits per heavy atom. The molecule has 0 amide bonds. The van der Waals surface area contributed by atoms with Gasteiger partial charge in [0.25, 0.3) is 0 Å². The number of hydrogen-bond donors (Lipinski definition) is 1. The van der Waals surface area contributed by atoms with E-state index < -0.39 is 0 Å². The molecular weight excluding hydrogens is 242 g/mol. The second-order valence-corrected chi connectivity index (χ2v) is 6.81. The van der Waals surface area contributed by atoms with Gasteiger partial charge >= 0.3 is 0 Å². The van der Waals surface area contributed by atoms with Gasteiger partial charge in [0.15, 0.2) is 0 Å². The molecule has 100 valence electrons. The lowest BCUT2D eigenvalue weighted by molar-refractivity contribution is 0.131. The number of piperidine rings is 1. The number of thiazole rings is 1. The predicted octanol–water partition coefficient (Wildman–Crippen LogP) is 2.67. The highest BCUT2D eigenvalue weighted by molar-refractivity contribution is 7.09. The monoisotopic (exact) mass is 265 g/mol. The Morgan fingerprint density at radius 2 is 2.17 bits per heavy atom. The lowest BCUT2D eigenvalue weighted by atomic mass is 9.91. The maximum absolute atomic E-state index is 4.38. The SMILES string of the molecule is CC(NCC1CC2CCC(C1)N2C)c1nccs1. The lowest BCUT2D eigenvalue weighted by Gasteiger charge is -2.36. The van der Waals surface area contributed by atoms with Crippen molar-refractivity contribution in [3.63, 3.8) is 0 Å². The summed E-state index contributed by atoms with van der Waals surface area (Å²) < 4.78 is 0. The molecule has 0 saturated carbocycles. The van der Waals surface area contributed by atoms with Crippen LogP contribution in [0, 0.1) is 5.92 Å². The van der Waals surface area contributed by atoms with Gasteiger partial charge in [-0.15, -0.1) is 11.3 Å². The van der Waals surface area contributed by atoms with E-state index in [2.05, 4.69) is 34.6 Å². The van der Waals surface area contributed by atoms with Crippen molar-refractivity contribution in [3.8, 4) is 0 Å². The van der Waals surface area contributed by atoms with Crippen LogP contribution in [0.25, 0.3) is 0 Å². The summed E-state index contributed by atoms with van der Waals surface area (Å²) in [6.45, 7) is 3.38. The molecule has 2 aliphatic heterocycles. The lowest BCUT2D eigenvalue weighted by Crippen LogP contribution is -2.42. The predicted molar refractivity (Wildman–Crippen MR) is 75.8 cm³/mol. The first-order valence-corrected chi connectivity index (χ1v) is 7.96. The van der Waals surface area contributed by atoms with Crippen LogP contribution in [-0.4, -0.2) is 35.6 Å². The smallest absolute Gasteiger partial charge is 0.109 e. The Bertz CT molecular complexity index is 364. The number of nitrogens with zero attached hydrogens (tertiary/aromatic N) is 2. The summed E-state index contributed by atoms with van der Waals surface area (Å²) in [5, 5.41) is 6.94. The van der Waals surface area contributed by atoms with Crippen molar-refractivity contribution in [1.82, 2.24) is 15.2 Å². The fourth-order valence-electron chi connectivity index (χ4n) is 3.57. The zero-order chi connectivity index (χ0) is 12.5. The summed E-state index contributed by atoms with van der Waals surface area (Å²) in [5.41, 5.74) is 0. The highest BCUT2D eigenvalue weighted by atomic mass is 32.1. The molecule has 1 N–H and O–H groups in total. The second-order valence-electron chi connectivity index (χ2n) is 5.89. The van der Waals surface area contributed by atoms with Crippen molar-refractivity contribution in [2.75, 3.05) is 13.6 Å². The number of aromatic nitrogens is 1. The van der Waals surface area contributed by atoms with Gasteiger partial charge in [0.05, 0.1) is 6.04 Å². The van der Waals surface area contributed by atoms with Crippen LogP contribution in [0.2, 0.25) is 0 Å². The van der Waals surface area contributed by atoms with Crippen molar-refractivity contribution in [2.45, 2.75) is 50.7 Å². The van der Waals surface area contributed by atoms with E-state index in [1.54, 1.807) is 11.3 Å². The molecule has 2 aliphatic rings. The van der Waals surface area contributed by atoms with Gasteiger partial charge in [-0.25, -0.2) is 4.98 Å². The van der Waals surface area contributed by atoms with Crippen LogP contribution in [0.15, 0.2) is 11.6 Å². The van der Waals surface area contributed by atoms with Gasteiger partial charge in [0, 0.05) is 23.7 Å². The maximum Gasteiger partial charge on any atom is 0.109 e. The zero-order valence-corrected chi connectivity index (χ0v) is 12.1. The Kier molecular flexibility index (Phi) is 3.68. The largest absolute Gasteiger partial charge is 0.308 e. The molecule has 3 heterocycles. The third-order valence-corrected chi connectivity index (χ3v) is 5.69. The second kappa shape index (κ2) is 5.27. The van der Waals surface area contributed by atoms with Crippen LogP contribution >= 0.6 is 11.3 Å². The highest BCUT2D eigenvalue weighted by Gasteiger charge is 2.38. The molecule has 3 atom stereocenters. The summed E-state index contributed by atoms with van der Waals surface area (Å²) in [6, 6.07) is 2.11. The van der Waals surface area contributed by atoms with Gasteiger partial charge in [-0.3, -0.25) is 0 Å². The Hall–Kier alpha value is -0.450. The van der Waals surface area contributed by atoms with Crippen molar-refractivity contribution in [3.05, 3.63) is 16.6 Å². The van der Waals surface area contributed by atoms with Crippen LogP contribution in [-0.2, 0) is 0 Å². The standard InChI is InChI=1S/C14H23N3S/c1-10(14-15-5-6-18-14)16-9-11-7-12-3-4-13(8-11)17(12)2/h5-6,10-13,16H,3-4,7-9H2,1-2H3.